The Morgan fingerprint density at radius 3 is 2.88 bits per heavy atom. The summed E-state index contributed by atoms with van der Waals surface area (Å²) in [7, 11) is 0. The Labute approximate surface area is 154 Å². The molecule has 2 aromatic carbocycles. The number of nitrogens with one attached hydrogen (secondary N) is 1. The highest BCUT2D eigenvalue weighted by atomic mass is 16.5. The van der Waals surface area contributed by atoms with Crippen LogP contribution in [0.3, 0.4) is 0 Å². The second-order valence-electron chi connectivity index (χ2n) is 7.48. The van der Waals surface area contributed by atoms with E-state index in [4.69, 9.17) is 4.74 Å². The number of hydrogen-bond donors (Lipinski definition) is 1. The van der Waals surface area contributed by atoms with Crippen LogP contribution in [0.1, 0.15) is 37.1 Å². The highest BCUT2D eigenvalue weighted by Crippen LogP contribution is 2.34. The topological polar surface area (TPSA) is 52.0 Å². The van der Waals surface area contributed by atoms with Gasteiger partial charge in [0.15, 0.2) is 0 Å². The van der Waals surface area contributed by atoms with E-state index >= 15 is 0 Å². The van der Waals surface area contributed by atoms with Gasteiger partial charge in [-0.25, -0.2) is 4.68 Å². The SMILES string of the molecule is Cc1ccccc1-n1cc(CNc2ccc3c(c2)CCC(C)(C)O3)nn1. The van der Waals surface area contributed by atoms with E-state index in [0.29, 0.717) is 6.54 Å². The Morgan fingerprint density at radius 2 is 2.04 bits per heavy atom. The van der Waals surface area contributed by atoms with Gasteiger partial charge in [0.05, 0.1) is 18.4 Å². The first-order valence-corrected chi connectivity index (χ1v) is 9.03. The summed E-state index contributed by atoms with van der Waals surface area (Å²) in [5, 5.41) is 12.0. The highest BCUT2D eigenvalue weighted by molar-refractivity contribution is 5.52. The molecule has 0 amide bonds. The van der Waals surface area contributed by atoms with Crippen LogP contribution in [0.15, 0.2) is 48.7 Å². The first-order valence-electron chi connectivity index (χ1n) is 9.03. The molecule has 134 valence electrons. The Morgan fingerprint density at radius 1 is 1.19 bits per heavy atom. The van der Waals surface area contributed by atoms with Crippen molar-refractivity contribution in [3.05, 3.63) is 65.5 Å². The van der Waals surface area contributed by atoms with Crippen LogP contribution in [0.5, 0.6) is 5.75 Å². The average Bonchev–Trinajstić information content (AvgIpc) is 3.08. The third-order valence-electron chi connectivity index (χ3n) is 4.82. The van der Waals surface area contributed by atoms with Gasteiger partial charge in [0.2, 0.25) is 0 Å². The molecule has 1 aliphatic rings. The fraction of sp³-hybridized carbons (Fsp3) is 0.333. The van der Waals surface area contributed by atoms with Crippen molar-refractivity contribution >= 4 is 5.69 Å². The van der Waals surface area contributed by atoms with Gasteiger partial charge in [-0.3, -0.25) is 0 Å². The first kappa shape index (κ1) is 16.6. The molecule has 0 bridgehead atoms. The molecule has 4 rings (SSSR count). The van der Waals surface area contributed by atoms with E-state index < -0.39 is 0 Å². The summed E-state index contributed by atoms with van der Waals surface area (Å²) in [5.41, 5.74) is 5.41. The minimum atomic E-state index is -0.0734. The van der Waals surface area contributed by atoms with Crippen LogP contribution >= 0.6 is 0 Å². The minimum absolute atomic E-state index is 0.0734. The Kier molecular flexibility index (Phi) is 4.15. The number of aromatic nitrogens is 3. The Hall–Kier alpha value is -2.82. The van der Waals surface area contributed by atoms with E-state index in [2.05, 4.69) is 60.7 Å². The van der Waals surface area contributed by atoms with Crippen molar-refractivity contribution in [2.24, 2.45) is 0 Å². The number of rotatable bonds is 4. The fourth-order valence-electron chi connectivity index (χ4n) is 3.28. The first-order chi connectivity index (χ1) is 12.5. The number of benzene rings is 2. The molecule has 5 nitrogen and oxygen atoms in total. The van der Waals surface area contributed by atoms with Crippen LogP contribution in [0, 0.1) is 6.92 Å². The maximum Gasteiger partial charge on any atom is 0.123 e. The van der Waals surface area contributed by atoms with Crippen LogP contribution in [0.4, 0.5) is 5.69 Å². The van der Waals surface area contributed by atoms with Gasteiger partial charge in [-0.1, -0.05) is 23.4 Å². The molecule has 0 saturated heterocycles. The van der Waals surface area contributed by atoms with E-state index in [1.807, 2.05) is 29.1 Å². The number of para-hydroxylation sites is 1. The lowest BCUT2D eigenvalue weighted by molar-refractivity contribution is 0.0847. The van der Waals surface area contributed by atoms with E-state index in [9.17, 15) is 0 Å². The van der Waals surface area contributed by atoms with Gasteiger partial charge >= 0.3 is 0 Å². The maximum absolute atomic E-state index is 6.05. The summed E-state index contributed by atoms with van der Waals surface area (Å²) in [5.74, 6) is 0.997. The lowest BCUT2D eigenvalue weighted by Gasteiger charge is -2.32. The summed E-state index contributed by atoms with van der Waals surface area (Å²) in [6, 6.07) is 14.5. The third kappa shape index (κ3) is 3.43. The van der Waals surface area contributed by atoms with Crippen LogP contribution in [-0.2, 0) is 13.0 Å². The molecule has 3 aromatic rings. The van der Waals surface area contributed by atoms with Gasteiger partial charge < -0.3 is 10.1 Å². The monoisotopic (exact) mass is 348 g/mol. The maximum atomic E-state index is 6.05. The molecule has 1 N–H and O–H groups in total. The molecule has 1 aliphatic heterocycles. The minimum Gasteiger partial charge on any atom is -0.488 e. The van der Waals surface area contributed by atoms with Gasteiger partial charge in [0.1, 0.15) is 17.0 Å². The van der Waals surface area contributed by atoms with Gasteiger partial charge in [-0.15, -0.1) is 5.10 Å². The predicted molar refractivity (Wildman–Crippen MR) is 103 cm³/mol. The lowest BCUT2D eigenvalue weighted by Crippen LogP contribution is -2.32. The Balaban J connectivity index is 1.45. The van der Waals surface area contributed by atoms with E-state index in [1.165, 1.54) is 11.1 Å². The summed E-state index contributed by atoms with van der Waals surface area (Å²) < 4.78 is 7.88. The zero-order valence-corrected chi connectivity index (χ0v) is 15.5. The number of fused-ring (bicyclic) bond motifs is 1. The highest BCUT2D eigenvalue weighted by Gasteiger charge is 2.26. The van der Waals surface area contributed by atoms with E-state index in [1.54, 1.807) is 0 Å². The average molecular weight is 348 g/mol. The molecule has 0 fully saturated rings. The van der Waals surface area contributed by atoms with Crippen molar-refractivity contribution in [2.45, 2.75) is 45.8 Å². The molecule has 5 heteroatoms. The van der Waals surface area contributed by atoms with Crippen LogP contribution in [-0.4, -0.2) is 20.6 Å². The molecule has 2 heterocycles. The number of ether oxygens (including phenoxy) is 1. The Bertz CT molecular complexity index is 929. The number of anilines is 1. The summed E-state index contributed by atoms with van der Waals surface area (Å²) in [6.07, 6.45) is 4.05. The van der Waals surface area contributed by atoms with Gasteiger partial charge in [0.25, 0.3) is 0 Å². The van der Waals surface area contributed by atoms with Crippen molar-refractivity contribution < 1.29 is 4.74 Å². The summed E-state index contributed by atoms with van der Waals surface area (Å²) in [6.45, 7) is 6.99. The smallest absolute Gasteiger partial charge is 0.123 e. The van der Waals surface area contributed by atoms with E-state index in [-0.39, 0.29) is 5.60 Å². The zero-order valence-electron chi connectivity index (χ0n) is 15.5. The molecule has 0 aliphatic carbocycles. The normalized spacial score (nSPS) is 15.2. The number of nitrogens with zero attached hydrogens (tertiary/aromatic N) is 3. The van der Waals surface area contributed by atoms with Crippen molar-refractivity contribution in [1.82, 2.24) is 15.0 Å². The van der Waals surface area contributed by atoms with Gasteiger partial charge in [0, 0.05) is 5.69 Å². The second kappa shape index (κ2) is 6.48. The molecule has 0 saturated carbocycles. The third-order valence-corrected chi connectivity index (χ3v) is 4.82. The predicted octanol–water partition coefficient (Wildman–Crippen LogP) is 4.29. The fourth-order valence-corrected chi connectivity index (χ4v) is 3.28. The summed E-state index contributed by atoms with van der Waals surface area (Å²) >= 11 is 0. The molecule has 0 unspecified atom stereocenters. The van der Waals surface area contributed by atoms with Crippen LogP contribution in [0.25, 0.3) is 5.69 Å². The standard InChI is InChI=1S/C21H24N4O/c1-15-6-4-5-7-19(15)25-14-18(23-24-25)13-22-17-8-9-20-16(12-17)10-11-21(2,3)26-20/h4-9,12,14,22H,10-11,13H2,1-3H3. The second-order valence-corrected chi connectivity index (χ2v) is 7.48. The van der Waals surface area contributed by atoms with Crippen molar-refractivity contribution in [3.8, 4) is 11.4 Å². The molecule has 26 heavy (non-hydrogen) atoms. The van der Waals surface area contributed by atoms with E-state index in [0.717, 1.165) is 35.7 Å². The molecular weight excluding hydrogens is 324 g/mol. The number of aryl methyl sites for hydroxylation is 2. The van der Waals surface area contributed by atoms with Crippen molar-refractivity contribution in [1.29, 1.82) is 0 Å². The van der Waals surface area contributed by atoms with Crippen molar-refractivity contribution in [3.63, 3.8) is 0 Å². The van der Waals surface area contributed by atoms with Gasteiger partial charge in [-0.05, 0) is 69.0 Å². The largest absolute Gasteiger partial charge is 0.488 e. The van der Waals surface area contributed by atoms with Crippen LogP contribution < -0.4 is 10.1 Å². The summed E-state index contributed by atoms with van der Waals surface area (Å²) in [4.78, 5) is 0. The van der Waals surface area contributed by atoms with Crippen LogP contribution in [0.2, 0.25) is 0 Å². The molecule has 1 aromatic heterocycles. The molecular formula is C21H24N4O. The van der Waals surface area contributed by atoms with Crippen molar-refractivity contribution in [2.75, 3.05) is 5.32 Å². The molecule has 0 atom stereocenters. The molecule has 0 spiro atoms. The lowest BCUT2D eigenvalue weighted by atomic mass is 9.94. The molecule has 0 radical (unpaired) electrons. The zero-order chi connectivity index (χ0) is 18.1. The quantitative estimate of drug-likeness (QED) is 0.764. The number of hydrogen-bond acceptors (Lipinski definition) is 4. The van der Waals surface area contributed by atoms with Gasteiger partial charge in [-0.2, -0.15) is 0 Å².